The van der Waals surface area contributed by atoms with Crippen molar-refractivity contribution in [1.29, 1.82) is 0 Å². The third kappa shape index (κ3) is 3.70. The standard InChI is InChI=1S/C17H28N2O2S/c1-17(2,3)15-8-6-7-9-16(15)22(20,21)19(5)13-14-10-11-18(4)12-14/h6-9,14H,10-13H2,1-5H3. The van der Waals surface area contributed by atoms with E-state index in [1.54, 1.807) is 19.2 Å². The summed E-state index contributed by atoms with van der Waals surface area (Å²) in [7, 11) is 0.345. The van der Waals surface area contributed by atoms with E-state index in [2.05, 4.69) is 11.9 Å². The summed E-state index contributed by atoms with van der Waals surface area (Å²) in [6.45, 7) is 8.76. The van der Waals surface area contributed by atoms with Gasteiger partial charge in [0.2, 0.25) is 10.0 Å². The Labute approximate surface area is 135 Å². The molecule has 0 radical (unpaired) electrons. The Bertz CT molecular complexity index is 620. The lowest BCUT2D eigenvalue weighted by molar-refractivity contribution is 0.356. The predicted octanol–water partition coefficient (Wildman–Crippen LogP) is 2.56. The minimum Gasteiger partial charge on any atom is -0.306 e. The number of nitrogens with zero attached hydrogens (tertiary/aromatic N) is 2. The van der Waals surface area contributed by atoms with E-state index >= 15 is 0 Å². The van der Waals surface area contributed by atoms with E-state index in [1.807, 2.05) is 32.9 Å². The van der Waals surface area contributed by atoms with Gasteiger partial charge in [0.25, 0.3) is 0 Å². The molecule has 0 aromatic heterocycles. The Balaban J connectivity index is 2.27. The van der Waals surface area contributed by atoms with Crippen molar-refractivity contribution < 1.29 is 8.42 Å². The van der Waals surface area contributed by atoms with Crippen LogP contribution in [0.5, 0.6) is 0 Å². The largest absolute Gasteiger partial charge is 0.306 e. The zero-order chi connectivity index (χ0) is 16.5. The first kappa shape index (κ1) is 17.4. The summed E-state index contributed by atoms with van der Waals surface area (Å²) in [6, 6.07) is 7.36. The lowest BCUT2D eigenvalue weighted by Crippen LogP contribution is -2.34. The van der Waals surface area contributed by atoms with Crippen molar-refractivity contribution >= 4 is 10.0 Å². The molecule has 0 N–H and O–H groups in total. The van der Waals surface area contributed by atoms with Crippen molar-refractivity contribution in [3.8, 4) is 0 Å². The van der Waals surface area contributed by atoms with E-state index in [0.717, 1.165) is 25.1 Å². The van der Waals surface area contributed by atoms with Crippen LogP contribution in [0.4, 0.5) is 0 Å². The van der Waals surface area contributed by atoms with E-state index in [1.165, 1.54) is 4.31 Å². The molecular weight excluding hydrogens is 296 g/mol. The van der Waals surface area contributed by atoms with E-state index in [9.17, 15) is 8.42 Å². The molecule has 1 aromatic carbocycles. The van der Waals surface area contributed by atoms with Gasteiger partial charge in [0, 0.05) is 20.1 Å². The number of rotatable bonds is 4. The SMILES string of the molecule is CN1CCC(CN(C)S(=O)(=O)c2ccccc2C(C)(C)C)C1. The van der Waals surface area contributed by atoms with Crippen LogP contribution in [0.2, 0.25) is 0 Å². The van der Waals surface area contributed by atoms with Gasteiger partial charge in [-0.2, -0.15) is 0 Å². The van der Waals surface area contributed by atoms with E-state index in [4.69, 9.17) is 0 Å². The zero-order valence-corrected chi connectivity index (χ0v) is 15.2. The van der Waals surface area contributed by atoms with Gasteiger partial charge < -0.3 is 4.90 Å². The maximum atomic E-state index is 13.0. The Kier molecular flexibility index (Phi) is 5.00. The number of hydrogen-bond donors (Lipinski definition) is 0. The first-order valence-corrected chi connectivity index (χ1v) is 9.31. The quantitative estimate of drug-likeness (QED) is 0.854. The molecule has 22 heavy (non-hydrogen) atoms. The second-order valence-corrected chi connectivity index (χ2v) is 9.46. The molecule has 5 heteroatoms. The summed E-state index contributed by atoms with van der Waals surface area (Å²) in [4.78, 5) is 2.70. The van der Waals surface area contributed by atoms with Crippen LogP contribution in [0.15, 0.2) is 29.2 Å². The Morgan fingerprint density at radius 3 is 2.45 bits per heavy atom. The molecule has 4 nitrogen and oxygen atoms in total. The molecule has 1 fully saturated rings. The van der Waals surface area contributed by atoms with Crippen LogP contribution in [0.3, 0.4) is 0 Å². The molecule has 0 amide bonds. The van der Waals surface area contributed by atoms with Crippen LogP contribution < -0.4 is 0 Å². The van der Waals surface area contributed by atoms with E-state index in [0.29, 0.717) is 17.4 Å². The predicted molar refractivity (Wildman–Crippen MR) is 90.6 cm³/mol. The second-order valence-electron chi connectivity index (χ2n) is 7.45. The Morgan fingerprint density at radius 1 is 1.27 bits per heavy atom. The topological polar surface area (TPSA) is 40.6 Å². The lowest BCUT2D eigenvalue weighted by Gasteiger charge is -2.26. The molecule has 0 bridgehead atoms. The third-order valence-electron chi connectivity index (χ3n) is 4.39. The summed E-state index contributed by atoms with van der Waals surface area (Å²) in [5, 5.41) is 0. The fraction of sp³-hybridized carbons (Fsp3) is 0.647. The Morgan fingerprint density at radius 2 is 1.91 bits per heavy atom. The van der Waals surface area contributed by atoms with Crippen molar-refractivity contribution in [1.82, 2.24) is 9.21 Å². The highest BCUT2D eigenvalue weighted by atomic mass is 32.2. The molecule has 1 saturated heterocycles. The van der Waals surface area contributed by atoms with Gasteiger partial charge in [0.15, 0.2) is 0 Å². The number of sulfonamides is 1. The number of benzene rings is 1. The van der Waals surface area contributed by atoms with Crippen molar-refractivity contribution in [3.63, 3.8) is 0 Å². The molecule has 1 unspecified atom stereocenters. The van der Waals surface area contributed by atoms with Crippen molar-refractivity contribution in [2.75, 3.05) is 33.7 Å². The van der Waals surface area contributed by atoms with Crippen LogP contribution in [-0.2, 0) is 15.4 Å². The molecular formula is C17H28N2O2S. The molecule has 0 aliphatic carbocycles. The molecule has 1 aromatic rings. The van der Waals surface area contributed by atoms with Gasteiger partial charge in [-0.25, -0.2) is 12.7 Å². The van der Waals surface area contributed by atoms with E-state index in [-0.39, 0.29) is 5.41 Å². The maximum absolute atomic E-state index is 13.0. The summed E-state index contributed by atoms with van der Waals surface area (Å²) >= 11 is 0. The molecule has 1 atom stereocenters. The molecule has 0 spiro atoms. The van der Waals surface area contributed by atoms with Crippen LogP contribution in [-0.4, -0.2) is 51.4 Å². The first-order chi connectivity index (χ1) is 10.1. The highest BCUT2D eigenvalue weighted by molar-refractivity contribution is 7.89. The maximum Gasteiger partial charge on any atom is 0.243 e. The number of hydrogen-bond acceptors (Lipinski definition) is 3. The monoisotopic (exact) mass is 324 g/mol. The van der Waals surface area contributed by atoms with Gasteiger partial charge in [0.05, 0.1) is 4.90 Å². The first-order valence-electron chi connectivity index (χ1n) is 7.87. The van der Waals surface area contributed by atoms with Gasteiger partial charge >= 0.3 is 0 Å². The highest BCUT2D eigenvalue weighted by Gasteiger charge is 2.31. The van der Waals surface area contributed by atoms with Gasteiger partial charge in [-0.1, -0.05) is 39.0 Å². The molecule has 2 rings (SSSR count). The molecule has 1 aliphatic rings. The van der Waals surface area contributed by atoms with Crippen molar-refractivity contribution in [3.05, 3.63) is 29.8 Å². The molecule has 1 heterocycles. The van der Waals surface area contributed by atoms with Gasteiger partial charge in [-0.3, -0.25) is 0 Å². The smallest absolute Gasteiger partial charge is 0.243 e. The minimum atomic E-state index is -3.44. The molecule has 1 aliphatic heterocycles. The minimum absolute atomic E-state index is 0.196. The van der Waals surface area contributed by atoms with Gasteiger partial charge in [-0.05, 0) is 43.0 Å². The van der Waals surface area contributed by atoms with Crippen LogP contribution >= 0.6 is 0 Å². The second kappa shape index (κ2) is 6.30. The van der Waals surface area contributed by atoms with E-state index < -0.39 is 10.0 Å². The lowest BCUT2D eigenvalue weighted by atomic mass is 9.87. The molecule has 0 saturated carbocycles. The average Bonchev–Trinajstić information content (AvgIpc) is 2.83. The van der Waals surface area contributed by atoms with Gasteiger partial charge in [-0.15, -0.1) is 0 Å². The fourth-order valence-electron chi connectivity index (χ4n) is 3.12. The molecule has 124 valence electrons. The van der Waals surface area contributed by atoms with Crippen LogP contribution in [0.25, 0.3) is 0 Å². The summed E-state index contributed by atoms with van der Waals surface area (Å²) in [5.74, 6) is 0.423. The van der Waals surface area contributed by atoms with Crippen LogP contribution in [0, 0.1) is 5.92 Å². The fourth-order valence-corrected chi connectivity index (χ4v) is 4.76. The Hall–Kier alpha value is -0.910. The third-order valence-corrected chi connectivity index (χ3v) is 6.27. The normalized spacial score (nSPS) is 20.7. The number of likely N-dealkylation sites (tertiary alicyclic amines) is 1. The summed E-state index contributed by atoms with van der Waals surface area (Å²) < 4.78 is 27.5. The summed E-state index contributed by atoms with van der Waals surface area (Å²) in [6.07, 6.45) is 1.07. The highest BCUT2D eigenvalue weighted by Crippen LogP contribution is 2.30. The van der Waals surface area contributed by atoms with Crippen molar-refractivity contribution in [2.45, 2.75) is 37.5 Å². The zero-order valence-electron chi connectivity index (χ0n) is 14.3. The van der Waals surface area contributed by atoms with Crippen molar-refractivity contribution in [2.24, 2.45) is 5.92 Å². The summed E-state index contributed by atoms with van der Waals surface area (Å²) in [5.41, 5.74) is 0.684. The van der Waals surface area contributed by atoms with Gasteiger partial charge in [0.1, 0.15) is 0 Å². The van der Waals surface area contributed by atoms with Crippen LogP contribution in [0.1, 0.15) is 32.8 Å². The average molecular weight is 324 g/mol.